The molecule has 0 fully saturated rings. The Morgan fingerprint density at radius 3 is 2.37 bits per heavy atom. The predicted octanol–water partition coefficient (Wildman–Crippen LogP) is 3.76. The summed E-state index contributed by atoms with van der Waals surface area (Å²) in [5.74, 6) is -1.46. The quantitative estimate of drug-likeness (QED) is 0.263. The number of hydrazone groups is 1. The van der Waals surface area contributed by atoms with Crippen LogP contribution in [-0.2, 0) is 9.59 Å². The van der Waals surface area contributed by atoms with Gasteiger partial charge in [-0.25, -0.2) is 9.82 Å². The number of benzene rings is 3. The van der Waals surface area contributed by atoms with Crippen molar-refractivity contribution in [3.63, 3.8) is 0 Å². The van der Waals surface area contributed by atoms with Crippen LogP contribution < -0.4 is 25.5 Å². The first-order chi connectivity index (χ1) is 18.3. The van der Waals surface area contributed by atoms with Gasteiger partial charge >= 0.3 is 0 Å². The molecule has 0 saturated heterocycles. The molecule has 1 unspecified atom stereocenters. The number of amides is 3. The molecule has 3 aromatic carbocycles. The van der Waals surface area contributed by atoms with Crippen LogP contribution in [0.15, 0.2) is 77.9 Å². The lowest BCUT2D eigenvalue weighted by Crippen LogP contribution is -2.48. The van der Waals surface area contributed by atoms with Crippen LogP contribution in [0.3, 0.4) is 0 Å². The third-order valence-corrected chi connectivity index (χ3v) is 5.35. The number of carbonyl (C=O) groups is 3. The van der Waals surface area contributed by atoms with E-state index in [-0.39, 0.29) is 24.1 Å². The summed E-state index contributed by atoms with van der Waals surface area (Å²) < 4.78 is 24.5. The van der Waals surface area contributed by atoms with Gasteiger partial charge in [-0.15, -0.1) is 0 Å². The number of ether oxygens (including phenoxy) is 2. The number of nitrogens with one attached hydrogen (secondary N) is 3. The minimum Gasteiger partial charge on any atom is -0.493 e. The summed E-state index contributed by atoms with van der Waals surface area (Å²) in [6.07, 6.45) is 1.41. The summed E-state index contributed by atoms with van der Waals surface area (Å²) in [6.45, 7) is 3.28. The zero-order valence-electron chi connectivity index (χ0n) is 21.2. The number of nitrogens with zero attached hydrogens (tertiary/aromatic N) is 1. The van der Waals surface area contributed by atoms with E-state index in [1.54, 1.807) is 54.6 Å². The molecule has 10 heteroatoms. The molecule has 0 saturated carbocycles. The van der Waals surface area contributed by atoms with E-state index in [0.29, 0.717) is 22.6 Å². The molecule has 3 amide bonds. The van der Waals surface area contributed by atoms with E-state index in [2.05, 4.69) is 21.2 Å². The molecule has 0 aromatic heterocycles. The number of para-hydroxylation sites is 1. The molecule has 3 N–H and O–H groups in total. The summed E-state index contributed by atoms with van der Waals surface area (Å²) in [5.41, 5.74) is 3.54. The highest BCUT2D eigenvalue weighted by Gasteiger charge is 2.24. The van der Waals surface area contributed by atoms with Gasteiger partial charge in [0.1, 0.15) is 11.9 Å². The van der Waals surface area contributed by atoms with Crippen molar-refractivity contribution in [3.05, 3.63) is 89.7 Å². The zero-order chi connectivity index (χ0) is 27.5. The molecule has 0 spiro atoms. The van der Waals surface area contributed by atoms with Gasteiger partial charge in [-0.1, -0.05) is 44.2 Å². The van der Waals surface area contributed by atoms with Crippen LogP contribution in [0.5, 0.6) is 11.5 Å². The van der Waals surface area contributed by atoms with Crippen molar-refractivity contribution in [2.24, 2.45) is 11.0 Å². The average Bonchev–Trinajstić information content (AvgIpc) is 2.92. The summed E-state index contributed by atoms with van der Waals surface area (Å²) in [5, 5.41) is 9.16. The van der Waals surface area contributed by atoms with Gasteiger partial charge in [0.15, 0.2) is 18.1 Å². The van der Waals surface area contributed by atoms with Crippen LogP contribution in [0.2, 0.25) is 0 Å². The third kappa shape index (κ3) is 7.89. The topological polar surface area (TPSA) is 118 Å². The molecule has 0 aliphatic heterocycles. The minimum absolute atomic E-state index is 0.0565. The lowest BCUT2D eigenvalue weighted by molar-refractivity contribution is -0.124. The van der Waals surface area contributed by atoms with Crippen LogP contribution in [0.1, 0.15) is 29.8 Å². The number of methoxy groups -OCH3 is 1. The first kappa shape index (κ1) is 27.9. The molecule has 198 valence electrons. The average molecular weight is 521 g/mol. The molecule has 3 aromatic rings. The van der Waals surface area contributed by atoms with Gasteiger partial charge < -0.3 is 20.1 Å². The number of anilines is 1. The number of rotatable bonds is 11. The standard InChI is InChI=1S/C28H29FN4O5/c1-18(2)26(32-27(35)20-9-5-4-6-10-20)28(36)33-30-16-19-13-14-23(24(15-19)37-3)38-17-25(34)31-22-12-8-7-11-21(22)29/h4-16,18,26H,17H2,1-3H3,(H,31,34)(H,32,35)(H,33,36). The van der Waals surface area contributed by atoms with Crippen molar-refractivity contribution < 1.29 is 28.2 Å². The molecule has 0 bridgehead atoms. The maximum Gasteiger partial charge on any atom is 0.262 e. The van der Waals surface area contributed by atoms with Gasteiger partial charge in [0.2, 0.25) is 0 Å². The molecule has 3 rings (SSSR count). The SMILES string of the molecule is COc1cc(C=NNC(=O)C(NC(=O)c2ccccc2)C(C)C)ccc1OCC(=O)Nc1ccccc1F. The van der Waals surface area contributed by atoms with Gasteiger partial charge in [0.05, 0.1) is 19.0 Å². The van der Waals surface area contributed by atoms with Crippen LogP contribution in [0, 0.1) is 11.7 Å². The second-order valence-electron chi connectivity index (χ2n) is 8.52. The Morgan fingerprint density at radius 2 is 1.68 bits per heavy atom. The lowest BCUT2D eigenvalue weighted by atomic mass is 10.0. The molecule has 0 heterocycles. The van der Waals surface area contributed by atoms with E-state index in [4.69, 9.17) is 9.47 Å². The first-order valence-electron chi connectivity index (χ1n) is 11.8. The fraction of sp³-hybridized carbons (Fsp3) is 0.214. The highest BCUT2D eigenvalue weighted by atomic mass is 19.1. The molecule has 38 heavy (non-hydrogen) atoms. The first-order valence-corrected chi connectivity index (χ1v) is 11.8. The normalized spacial score (nSPS) is 11.6. The summed E-state index contributed by atoms with van der Waals surface area (Å²) in [4.78, 5) is 37.3. The molecule has 1 atom stereocenters. The number of carbonyl (C=O) groups excluding carboxylic acids is 3. The fourth-order valence-electron chi connectivity index (χ4n) is 3.36. The minimum atomic E-state index is -0.791. The Balaban J connectivity index is 1.57. The van der Waals surface area contributed by atoms with Crippen molar-refractivity contribution in [1.82, 2.24) is 10.7 Å². The van der Waals surface area contributed by atoms with Gasteiger partial charge in [-0.3, -0.25) is 14.4 Å². The van der Waals surface area contributed by atoms with Gasteiger partial charge in [0.25, 0.3) is 17.7 Å². The molecular formula is C28H29FN4O5. The lowest BCUT2D eigenvalue weighted by Gasteiger charge is -2.20. The highest BCUT2D eigenvalue weighted by molar-refractivity contribution is 5.97. The number of hydrogen-bond acceptors (Lipinski definition) is 6. The maximum absolute atomic E-state index is 13.7. The molecular weight excluding hydrogens is 491 g/mol. The van der Waals surface area contributed by atoms with Crippen LogP contribution >= 0.6 is 0 Å². The number of halogens is 1. The predicted molar refractivity (Wildman–Crippen MR) is 142 cm³/mol. The third-order valence-electron chi connectivity index (χ3n) is 5.35. The van der Waals surface area contributed by atoms with Crippen LogP contribution in [0.25, 0.3) is 0 Å². The smallest absolute Gasteiger partial charge is 0.262 e. The van der Waals surface area contributed by atoms with Gasteiger partial charge in [-0.2, -0.15) is 5.10 Å². The Morgan fingerprint density at radius 1 is 0.974 bits per heavy atom. The summed E-state index contributed by atoms with van der Waals surface area (Å²) in [7, 11) is 1.44. The monoisotopic (exact) mass is 520 g/mol. The fourth-order valence-corrected chi connectivity index (χ4v) is 3.36. The molecule has 0 aliphatic rings. The van der Waals surface area contributed by atoms with Gasteiger partial charge in [0, 0.05) is 5.56 Å². The van der Waals surface area contributed by atoms with Crippen molar-refractivity contribution in [3.8, 4) is 11.5 Å². The summed E-state index contributed by atoms with van der Waals surface area (Å²) >= 11 is 0. The van der Waals surface area contributed by atoms with E-state index in [0.717, 1.165) is 0 Å². The van der Waals surface area contributed by atoms with Gasteiger partial charge in [-0.05, 0) is 53.9 Å². The molecule has 0 radical (unpaired) electrons. The van der Waals surface area contributed by atoms with Crippen molar-refractivity contribution in [2.45, 2.75) is 19.9 Å². The highest BCUT2D eigenvalue weighted by Crippen LogP contribution is 2.27. The van der Waals surface area contributed by atoms with E-state index >= 15 is 0 Å². The van der Waals surface area contributed by atoms with E-state index in [1.807, 2.05) is 13.8 Å². The van der Waals surface area contributed by atoms with E-state index < -0.39 is 23.7 Å². The Labute approximate surface area is 220 Å². The molecule has 9 nitrogen and oxygen atoms in total. The van der Waals surface area contributed by atoms with E-state index in [9.17, 15) is 18.8 Å². The Hall–Kier alpha value is -4.73. The van der Waals surface area contributed by atoms with Crippen LogP contribution in [0.4, 0.5) is 10.1 Å². The zero-order valence-corrected chi connectivity index (χ0v) is 21.2. The summed E-state index contributed by atoms with van der Waals surface area (Å²) in [6, 6.07) is 18.5. The second kappa shape index (κ2) is 13.5. The van der Waals surface area contributed by atoms with Crippen molar-refractivity contribution >= 4 is 29.6 Å². The number of hydrogen-bond donors (Lipinski definition) is 3. The Kier molecular flexibility index (Phi) is 9.93. The molecule has 0 aliphatic carbocycles. The van der Waals surface area contributed by atoms with Crippen LogP contribution in [-0.4, -0.2) is 43.7 Å². The largest absolute Gasteiger partial charge is 0.493 e. The Bertz CT molecular complexity index is 1300. The maximum atomic E-state index is 13.7. The van der Waals surface area contributed by atoms with Crippen molar-refractivity contribution in [2.75, 3.05) is 19.0 Å². The van der Waals surface area contributed by atoms with Crippen molar-refractivity contribution in [1.29, 1.82) is 0 Å². The second-order valence-corrected chi connectivity index (χ2v) is 8.52. The van der Waals surface area contributed by atoms with E-state index in [1.165, 1.54) is 31.5 Å².